The van der Waals surface area contributed by atoms with Crippen LogP contribution in [0.3, 0.4) is 0 Å². The molecule has 1 amide bonds. The van der Waals surface area contributed by atoms with Crippen LogP contribution in [-0.2, 0) is 38.1 Å². The molecule has 178 valence electrons. The van der Waals surface area contributed by atoms with Crippen LogP contribution < -0.4 is 11.1 Å². The zero-order valence-electron chi connectivity index (χ0n) is 18.4. The van der Waals surface area contributed by atoms with E-state index in [0.717, 1.165) is 0 Å². The van der Waals surface area contributed by atoms with Crippen molar-refractivity contribution in [1.82, 2.24) is 24.8 Å². The topological polar surface area (TPSA) is 187 Å². The number of anilines is 1. The van der Waals surface area contributed by atoms with Crippen molar-refractivity contribution in [2.24, 2.45) is 0 Å². The molecule has 0 aromatic carbocycles. The molecule has 0 unspecified atom stereocenters. The van der Waals surface area contributed by atoms with Gasteiger partial charge >= 0.3 is 17.9 Å². The van der Waals surface area contributed by atoms with Crippen molar-refractivity contribution < 1.29 is 38.1 Å². The minimum atomic E-state index is -1.18. The fourth-order valence-electron chi connectivity index (χ4n) is 3.61. The Kier molecular flexibility index (Phi) is 7.06. The van der Waals surface area contributed by atoms with Crippen molar-refractivity contribution in [2.45, 2.75) is 58.3 Å². The summed E-state index contributed by atoms with van der Waals surface area (Å²) >= 11 is 0. The predicted molar refractivity (Wildman–Crippen MR) is 109 cm³/mol. The van der Waals surface area contributed by atoms with E-state index in [2.05, 4.69) is 20.3 Å². The normalized spacial score (nSPS) is 24.7. The Labute approximate surface area is 187 Å². The number of hydrogen-bond acceptors (Lipinski definition) is 12. The van der Waals surface area contributed by atoms with Gasteiger partial charge in [0.05, 0.1) is 6.33 Å². The van der Waals surface area contributed by atoms with Crippen LogP contribution in [0.5, 0.6) is 0 Å². The van der Waals surface area contributed by atoms with E-state index in [0.29, 0.717) is 0 Å². The number of fused-ring (bicyclic) bond motifs is 1. The molecule has 1 aliphatic heterocycles. The Morgan fingerprint density at radius 3 is 2.30 bits per heavy atom. The monoisotopic (exact) mass is 464 g/mol. The third-order valence-corrected chi connectivity index (χ3v) is 4.76. The number of rotatable bonds is 6. The number of aromatic nitrogens is 4. The van der Waals surface area contributed by atoms with Gasteiger partial charge in [0.25, 0.3) is 0 Å². The summed E-state index contributed by atoms with van der Waals surface area (Å²) < 4.78 is 23.5. The van der Waals surface area contributed by atoms with E-state index < -0.39 is 54.4 Å². The van der Waals surface area contributed by atoms with Crippen molar-refractivity contribution in [2.75, 3.05) is 12.3 Å². The van der Waals surface area contributed by atoms with E-state index in [-0.39, 0.29) is 23.6 Å². The van der Waals surface area contributed by atoms with Gasteiger partial charge in [-0.1, -0.05) is 0 Å². The molecule has 14 nitrogen and oxygen atoms in total. The van der Waals surface area contributed by atoms with Crippen molar-refractivity contribution in [3.05, 3.63) is 12.7 Å². The molecule has 2 aromatic heterocycles. The summed E-state index contributed by atoms with van der Waals surface area (Å²) in [5.41, 5.74) is 6.41. The van der Waals surface area contributed by atoms with E-state index in [9.17, 15) is 19.2 Å². The largest absolute Gasteiger partial charge is 0.463 e. The summed E-state index contributed by atoms with van der Waals surface area (Å²) in [5, 5.41) is 2.66. The lowest BCUT2D eigenvalue weighted by molar-refractivity contribution is -0.237. The summed E-state index contributed by atoms with van der Waals surface area (Å²) in [6, 6.07) is -1.06. The highest BCUT2D eigenvalue weighted by atomic mass is 16.6. The molecule has 0 saturated carbocycles. The number of nitrogens with two attached hydrogens (primary N) is 1. The number of esters is 3. The SMILES string of the molecule is CC(=O)N[C@@H]1[C@H](OC(C)=O)[C@H](n2cnc3c(N)ncnc32)O[C@H](COC(C)=O)[C@H]1OC(C)=O. The maximum Gasteiger partial charge on any atom is 0.303 e. The molecule has 5 atom stereocenters. The Morgan fingerprint density at radius 2 is 1.70 bits per heavy atom. The van der Waals surface area contributed by atoms with Crippen LogP contribution in [0.15, 0.2) is 12.7 Å². The van der Waals surface area contributed by atoms with Crippen LogP contribution in [-0.4, -0.2) is 74.3 Å². The Morgan fingerprint density at radius 1 is 1.03 bits per heavy atom. The first kappa shape index (κ1) is 23.8. The van der Waals surface area contributed by atoms with Gasteiger partial charge in [-0.3, -0.25) is 23.7 Å². The van der Waals surface area contributed by atoms with E-state index >= 15 is 0 Å². The maximum atomic E-state index is 12.0. The number of hydrogen-bond donors (Lipinski definition) is 2. The van der Waals surface area contributed by atoms with E-state index in [1.54, 1.807) is 0 Å². The second kappa shape index (κ2) is 9.77. The quantitative estimate of drug-likeness (QED) is 0.402. The first-order valence-corrected chi connectivity index (χ1v) is 9.91. The highest BCUT2D eigenvalue weighted by molar-refractivity contribution is 5.81. The number of carbonyl (C=O) groups excluding carboxylic acids is 4. The number of ether oxygens (including phenoxy) is 4. The number of nitrogens with zero attached hydrogens (tertiary/aromatic N) is 4. The van der Waals surface area contributed by atoms with E-state index in [4.69, 9.17) is 24.7 Å². The predicted octanol–water partition coefficient (Wildman–Crippen LogP) is -0.763. The van der Waals surface area contributed by atoms with Gasteiger partial charge < -0.3 is 30.0 Å². The summed E-state index contributed by atoms with van der Waals surface area (Å²) in [5.74, 6) is -2.32. The van der Waals surface area contributed by atoms with Gasteiger partial charge in [-0.2, -0.15) is 0 Å². The van der Waals surface area contributed by atoms with E-state index in [1.807, 2.05) is 0 Å². The molecule has 3 N–H and O–H groups in total. The fraction of sp³-hybridized carbons (Fsp3) is 0.526. The smallest absolute Gasteiger partial charge is 0.303 e. The van der Waals surface area contributed by atoms with Gasteiger partial charge in [0, 0.05) is 27.7 Å². The molecule has 1 fully saturated rings. The van der Waals surface area contributed by atoms with Crippen LogP contribution in [0.25, 0.3) is 11.2 Å². The zero-order valence-corrected chi connectivity index (χ0v) is 18.4. The summed E-state index contributed by atoms with van der Waals surface area (Å²) in [4.78, 5) is 59.5. The molecule has 1 saturated heterocycles. The Hall–Kier alpha value is -3.81. The van der Waals surface area contributed by atoms with Crippen LogP contribution in [0.4, 0.5) is 5.82 Å². The third-order valence-electron chi connectivity index (χ3n) is 4.76. The average molecular weight is 464 g/mol. The fourth-order valence-corrected chi connectivity index (χ4v) is 3.61. The van der Waals surface area contributed by atoms with Gasteiger partial charge in [-0.25, -0.2) is 15.0 Å². The van der Waals surface area contributed by atoms with Gasteiger partial charge in [0.15, 0.2) is 29.9 Å². The number of carbonyl (C=O) groups is 4. The number of amides is 1. The van der Waals surface area contributed by atoms with E-state index in [1.165, 1.54) is 44.9 Å². The number of nitrogens with one attached hydrogen (secondary N) is 1. The van der Waals surface area contributed by atoms with Gasteiger partial charge in [0.1, 0.15) is 30.6 Å². The number of imidazole rings is 1. The molecule has 3 heterocycles. The van der Waals surface area contributed by atoms with Crippen molar-refractivity contribution in [3.8, 4) is 0 Å². The third kappa shape index (κ3) is 5.34. The lowest BCUT2D eigenvalue weighted by Crippen LogP contribution is -2.64. The molecule has 14 heteroatoms. The molecule has 3 rings (SSSR count). The molecule has 2 aromatic rings. The summed E-state index contributed by atoms with van der Waals surface area (Å²) in [6.07, 6.45) is -1.90. The molecule has 0 radical (unpaired) electrons. The molecular weight excluding hydrogens is 440 g/mol. The Bertz CT molecular complexity index is 1070. The zero-order chi connectivity index (χ0) is 24.3. The first-order chi connectivity index (χ1) is 15.6. The average Bonchev–Trinajstić information content (AvgIpc) is 3.14. The molecule has 0 bridgehead atoms. The molecule has 1 aliphatic rings. The lowest BCUT2D eigenvalue weighted by atomic mass is 9.94. The minimum Gasteiger partial charge on any atom is -0.463 e. The molecule has 0 spiro atoms. The molecular formula is C19H24N6O8. The molecule has 33 heavy (non-hydrogen) atoms. The first-order valence-electron chi connectivity index (χ1n) is 9.91. The van der Waals surface area contributed by atoms with Gasteiger partial charge in [-0.15, -0.1) is 0 Å². The Balaban J connectivity index is 2.13. The van der Waals surface area contributed by atoms with Crippen molar-refractivity contribution in [3.63, 3.8) is 0 Å². The lowest BCUT2D eigenvalue weighted by Gasteiger charge is -2.45. The minimum absolute atomic E-state index is 0.117. The highest BCUT2D eigenvalue weighted by Crippen LogP contribution is 2.34. The number of nitrogen functional groups attached to an aromatic ring is 1. The van der Waals surface area contributed by atoms with Crippen LogP contribution >= 0.6 is 0 Å². The highest BCUT2D eigenvalue weighted by Gasteiger charge is 2.51. The van der Waals surface area contributed by atoms with Crippen molar-refractivity contribution in [1.29, 1.82) is 0 Å². The second-order valence-electron chi connectivity index (χ2n) is 7.33. The van der Waals surface area contributed by atoms with Crippen LogP contribution in [0, 0.1) is 0 Å². The van der Waals surface area contributed by atoms with Gasteiger partial charge in [0.2, 0.25) is 5.91 Å². The van der Waals surface area contributed by atoms with Crippen molar-refractivity contribution >= 4 is 40.8 Å². The molecule has 0 aliphatic carbocycles. The maximum absolute atomic E-state index is 12.0. The second-order valence-corrected chi connectivity index (χ2v) is 7.33. The van der Waals surface area contributed by atoms with Crippen LogP contribution in [0.2, 0.25) is 0 Å². The summed E-state index contributed by atoms with van der Waals surface area (Å²) in [7, 11) is 0. The van der Waals surface area contributed by atoms with Crippen LogP contribution in [0.1, 0.15) is 33.9 Å². The summed E-state index contributed by atoms with van der Waals surface area (Å²) in [6.45, 7) is 4.50. The standard InChI is InChI=1S/C19H24N6O8/c1-8(26)24-13-15(31-10(3)28)12(5-30-9(2)27)33-19(16(13)32-11(4)29)25-7-23-14-17(20)21-6-22-18(14)25/h6-7,12-13,15-16,19H,5H2,1-4H3,(H,24,26)(H2,20,21,22)/t12-,13+,15-,16+,19-/m1/s1. The van der Waals surface area contributed by atoms with Gasteiger partial charge in [-0.05, 0) is 0 Å².